The maximum Gasteiger partial charge on any atom is 0.241 e. The van der Waals surface area contributed by atoms with E-state index >= 15 is 0 Å². The molecule has 1 aliphatic heterocycles. The molecule has 1 heterocycles. The second-order valence-corrected chi connectivity index (χ2v) is 7.14. The van der Waals surface area contributed by atoms with Gasteiger partial charge in [-0.3, -0.25) is 0 Å². The minimum Gasteiger partial charge on any atom is -0.475 e. The first-order chi connectivity index (χ1) is 11.1. The van der Waals surface area contributed by atoms with Crippen molar-refractivity contribution in [3.63, 3.8) is 0 Å². The summed E-state index contributed by atoms with van der Waals surface area (Å²) in [6.07, 6.45) is 0. The Morgan fingerprint density at radius 3 is 2.52 bits per heavy atom. The highest BCUT2D eigenvalue weighted by molar-refractivity contribution is 7.89. The number of sulfonamides is 1. The number of rotatable bonds is 5. The molecule has 0 aromatic heterocycles. The molecule has 0 radical (unpaired) electrons. The Balaban J connectivity index is 1.87. The number of ether oxygens (including phenoxy) is 1. The molecule has 3 rings (SSSR count). The van der Waals surface area contributed by atoms with Gasteiger partial charge in [0.15, 0.2) is 0 Å². The normalized spacial score (nSPS) is 17.6. The highest BCUT2D eigenvalue weighted by Crippen LogP contribution is 2.20. The van der Waals surface area contributed by atoms with Gasteiger partial charge in [0.25, 0.3) is 0 Å². The molecule has 2 aromatic carbocycles. The van der Waals surface area contributed by atoms with Crippen LogP contribution in [0.15, 0.2) is 64.5 Å². The van der Waals surface area contributed by atoms with Gasteiger partial charge < -0.3 is 4.74 Å². The molecule has 6 heteroatoms. The van der Waals surface area contributed by atoms with Crippen LogP contribution in [-0.4, -0.2) is 27.0 Å². The van der Waals surface area contributed by atoms with Gasteiger partial charge in [0.2, 0.25) is 15.9 Å². The van der Waals surface area contributed by atoms with Gasteiger partial charge in [0.05, 0.1) is 16.5 Å². The third kappa shape index (κ3) is 3.60. The van der Waals surface area contributed by atoms with Crippen LogP contribution in [0, 0.1) is 0 Å². The lowest BCUT2D eigenvalue weighted by Crippen LogP contribution is -2.25. The van der Waals surface area contributed by atoms with Crippen molar-refractivity contribution < 1.29 is 13.2 Å². The Labute approximate surface area is 136 Å². The molecule has 0 saturated heterocycles. The molecule has 0 spiro atoms. The van der Waals surface area contributed by atoms with Crippen molar-refractivity contribution in [2.75, 3.05) is 6.61 Å². The Bertz CT molecular complexity index is 817. The lowest BCUT2D eigenvalue weighted by atomic mass is 10.2. The van der Waals surface area contributed by atoms with E-state index in [1.54, 1.807) is 24.3 Å². The maximum atomic E-state index is 12.6. The summed E-state index contributed by atoms with van der Waals surface area (Å²) in [7, 11) is -3.65. The van der Waals surface area contributed by atoms with E-state index < -0.39 is 10.0 Å². The summed E-state index contributed by atoms with van der Waals surface area (Å²) in [6, 6.07) is 16.2. The van der Waals surface area contributed by atoms with Crippen molar-refractivity contribution in [3.05, 3.63) is 65.7 Å². The monoisotopic (exact) mass is 330 g/mol. The fourth-order valence-electron chi connectivity index (χ4n) is 2.35. The third-order valence-corrected chi connectivity index (χ3v) is 4.97. The standard InChI is InChI=1S/C17H18N2O3S/c1-13-12-22-17(19-13)15-9-5-6-10-16(15)23(20,21)18-11-14-7-3-2-4-8-14/h2-10,13,18H,11-12H2,1H3/t13-/m0/s1. The Hall–Kier alpha value is -2.18. The number of nitrogens with one attached hydrogen (secondary N) is 1. The van der Waals surface area contributed by atoms with Crippen molar-refractivity contribution in [2.24, 2.45) is 4.99 Å². The molecular weight excluding hydrogens is 312 g/mol. The summed E-state index contributed by atoms with van der Waals surface area (Å²) >= 11 is 0. The molecule has 0 aliphatic carbocycles. The number of benzene rings is 2. The van der Waals surface area contributed by atoms with Gasteiger partial charge in [-0.25, -0.2) is 18.1 Å². The van der Waals surface area contributed by atoms with Gasteiger partial charge in [-0.05, 0) is 24.6 Å². The zero-order valence-corrected chi connectivity index (χ0v) is 13.6. The van der Waals surface area contributed by atoms with Crippen molar-refractivity contribution in [1.82, 2.24) is 4.72 Å². The highest BCUT2D eigenvalue weighted by atomic mass is 32.2. The minimum absolute atomic E-state index is 0.0399. The SMILES string of the molecule is C[C@H]1COC(c2ccccc2S(=O)(=O)NCc2ccccc2)=N1. The van der Waals surface area contributed by atoms with Crippen LogP contribution in [0.25, 0.3) is 0 Å². The van der Waals surface area contributed by atoms with E-state index in [2.05, 4.69) is 9.71 Å². The quantitative estimate of drug-likeness (QED) is 0.915. The van der Waals surface area contributed by atoms with E-state index in [1.165, 1.54) is 0 Å². The molecule has 2 aromatic rings. The van der Waals surface area contributed by atoms with Crippen molar-refractivity contribution >= 4 is 15.9 Å². The maximum absolute atomic E-state index is 12.6. The summed E-state index contributed by atoms with van der Waals surface area (Å²) in [5.41, 5.74) is 1.40. The van der Waals surface area contributed by atoms with Crippen LogP contribution >= 0.6 is 0 Å². The predicted molar refractivity (Wildman–Crippen MR) is 88.9 cm³/mol. The molecule has 0 saturated carbocycles. The number of nitrogens with zero attached hydrogens (tertiary/aromatic N) is 1. The first-order valence-corrected chi connectivity index (χ1v) is 8.88. The molecule has 1 N–H and O–H groups in total. The molecule has 120 valence electrons. The minimum atomic E-state index is -3.65. The summed E-state index contributed by atoms with van der Waals surface area (Å²) in [5, 5.41) is 0. The summed E-state index contributed by atoms with van der Waals surface area (Å²) in [4.78, 5) is 4.54. The lowest BCUT2D eigenvalue weighted by Gasteiger charge is -2.11. The van der Waals surface area contributed by atoms with E-state index in [0.717, 1.165) is 5.56 Å². The molecule has 0 bridgehead atoms. The van der Waals surface area contributed by atoms with Crippen molar-refractivity contribution in [1.29, 1.82) is 0 Å². The number of hydrogen-bond acceptors (Lipinski definition) is 4. The Kier molecular flexibility index (Phi) is 4.45. The van der Waals surface area contributed by atoms with Crippen LogP contribution in [0.3, 0.4) is 0 Å². The molecule has 0 amide bonds. The fourth-order valence-corrected chi connectivity index (χ4v) is 3.57. The van der Waals surface area contributed by atoms with E-state index in [-0.39, 0.29) is 17.5 Å². The summed E-state index contributed by atoms with van der Waals surface area (Å²) in [5.74, 6) is 0.387. The molecule has 23 heavy (non-hydrogen) atoms. The topological polar surface area (TPSA) is 67.8 Å². The van der Waals surface area contributed by atoms with E-state index in [0.29, 0.717) is 18.1 Å². The van der Waals surface area contributed by atoms with Crippen LogP contribution in [0.1, 0.15) is 18.1 Å². The first-order valence-electron chi connectivity index (χ1n) is 7.40. The van der Waals surface area contributed by atoms with Crippen molar-refractivity contribution in [3.8, 4) is 0 Å². The molecule has 0 unspecified atom stereocenters. The number of aliphatic imine (C=N–C) groups is 1. The molecule has 1 aliphatic rings. The van der Waals surface area contributed by atoms with Crippen LogP contribution < -0.4 is 4.72 Å². The fraction of sp³-hybridized carbons (Fsp3) is 0.235. The van der Waals surface area contributed by atoms with E-state index in [1.807, 2.05) is 37.3 Å². The van der Waals surface area contributed by atoms with Gasteiger partial charge in [0.1, 0.15) is 6.61 Å². The second-order valence-electron chi connectivity index (χ2n) is 5.40. The smallest absolute Gasteiger partial charge is 0.241 e. The summed E-state index contributed by atoms with van der Waals surface area (Å²) in [6.45, 7) is 2.64. The van der Waals surface area contributed by atoms with Gasteiger partial charge in [-0.2, -0.15) is 0 Å². The van der Waals surface area contributed by atoms with E-state index in [9.17, 15) is 8.42 Å². The third-order valence-electron chi connectivity index (χ3n) is 3.52. The van der Waals surface area contributed by atoms with E-state index in [4.69, 9.17) is 4.74 Å². The Morgan fingerprint density at radius 1 is 1.13 bits per heavy atom. The lowest BCUT2D eigenvalue weighted by molar-refractivity contribution is 0.323. The van der Waals surface area contributed by atoms with Gasteiger partial charge in [-0.15, -0.1) is 0 Å². The second kappa shape index (κ2) is 6.52. The first kappa shape index (κ1) is 15.7. The van der Waals surface area contributed by atoms with Gasteiger partial charge >= 0.3 is 0 Å². The predicted octanol–water partition coefficient (Wildman–Crippen LogP) is 2.33. The zero-order chi connectivity index (χ0) is 16.3. The average molecular weight is 330 g/mol. The molecule has 0 fully saturated rings. The van der Waals surface area contributed by atoms with Gasteiger partial charge in [-0.1, -0.05) is 42.5 Å². The van der Waals surface area contributed by atoms with Gasteiger partial charge in [0, 0.05) is 6.54 Å². The van der Waals surface area contributed by atoms with Crippen LogP contribution in [0.2, 0.25) is 0 Å². The highest BCUT2D eigenvalue weighted by Gasteiger charge is 2.24. The largest absolute Gasteiger partial charge is 0.475 e. The zero-order valence-electron chi connectivity index (χ0n) is 12.8. The Morgan fingerprint density at radius 2 is 1.83 bits per heavy atom. The van der Waals surface area contributed by atoms with Crippen molar-refractivity contribution in [2.45, 2.75) is 24.4 Å². The molecular formula is C17H18N2O3S. The average Bonchev–Trinajstić information content (AvgIpc) is 3.00. The molecule has 1 atom stereocenters. The molecule has 5 nitrogen and oxygen atoms in total. The van der Waals surface area contributed by atoms with Crippen LogP contribution in [-0.2, 0) is 21.3 Å². The number of hydrogen-bond donors (Lipinski definition) is 1. The summed E-state index contributed by atoms with van der Waals surface area (Å²) < 4.78 is 33.4. The van der Waals surface area contributed by atoms with Crippen LogP contribution in [0.5, 0.6) is 0 Å². The van der Waals surface area contributed by atoms with Crippen LogP contribution in [0.4, 0.5) is 0 Å².